The number of carbonyl (C=O) groups is 1. The summed E-state index contributed by atoms with van der Waals surface area (Å²) in [7, 11) is 5.76. The first-order valence-corrected chi connectivity index (χ1v) is 14.8. The van der Waals surface area contributed by atoms with E-state index in [1.807, 2.05) is 19.9 Å². The number of nitrogens with zero attached hydrogens (tertiary/aromatic N) is 2. The normalized spacial score (nSPS) is 20.5. The van der Waals surface area contributed by atoms with Crippen LogP contribution < -0.4 is 0 Å². The highest BCUT2D eigenvalue weighted by Gasteiger charge is 2.45. The zero-order valence-electron chi connectivity index (χ0n) is 27.1. The summed E-state index contributed by atoms with van der Waals surface area (Å²) >= 11 is 0. The average Bonchev–Trinajstić information content (AvgIpc) is 2.81. The van der Waals surface area contributed by atoms with Gasteiger partial charge in [0.15, 0.2) is 0 Å². The first-order valence-electron chi connectivity index (χ1n) is 14.8. The first-order chi connectivity index (χ1) is 17.1. The molecule has 0 aliphatic carbocycles. The molecule has 1 amide bonds. The van der Waals surface area contributed by atoms with E-state index in [2.05, 4.69) is 72.2 Å². The predicted octanol–water partition coefficient (Wildman–Crippen LogP) is 7.73. The largest absolute Gasteiger partial charge is 0.384 e. The van der Waals surface area contributed by atoms with Crippen LogP contribution in [0.5, 0.6) is 0 Å². The number of ether oxygens (including phenoxy) is 2. The highest BCUT2D eigenvalue weighted by atomic mass is 16.5. The van der Waals surface area contributed by atoms with E-state index in [0.29, 0.717) is 17.4 Å². The summed E-state index contributed by atoms with van der Waals surface area (Å²) in [6.07, 6.45) is 11.2. The van der Waals surface area contributed by atoms with Crippen LogP contribution in [0, 0.1) is 11.3 Å². The van der Waals surface area contributed by atoms with E-state index in [9.17, 15) is 4.79 Å². The Morgan fingerprint density at radius 3 is 2.08 bits per heavy atom. The number of rotatable bonds is 14. The summed E-state index contributed by atoms with van der Waals surface area (Å²) < 4.78 is 10.4. The monoisotopic (exact) mass is 524 g/mol. The van der Waals surface area contributed by atoms with Crippen molar-refractivity contribution in [3.05, 3.63) is 11.6 Å². The molecule has 220 valence electrons. The Morgan fingerprint density at radius 1 is 1.08 bits per heavy atom. The summed E-state index contributed by atoms with van der Waals surface area (Å²) in [5, 5.41) is 0. The highest BCUT2D eigenvalue weighted by molar-refractivity contribution is 5.93. The van der Waals surface area contributed by atoms with Gasteiger partial charge in [-0.2, -0.15) is 0 Å². The van der Waals surface area contributed by atoms with Crippen LogP contribution in [0.2, 0.25) is 0 Å². The van der Waals surface area contributed by atoms with Crippen molar-refractivity contribution >= 4 is 5.91 Å². The molecule has 2 atom stereocenters. The second-order valence-electron chi connectivity index (χ2n) is 13.1. The van der Waals surface area contributed by atoms with E-state index in [1.54, 1.807) is 14.2 Å². The summed E-state index contributed by atoms with van der Waals surface area (Å²) in [6.45, 7) is 24.7. The number of unbranched alkanes of at least 4 members (excludes halogenated alkanes) is 3. The minimum Gasteiger partial charge on any atom is -0.384 e. The van der Waals surface area contributed by atoms with Crippen molar-refractivity contribution in [2.45, 2.75) is 138 Å². The third-order valence-corrected chi connectivity index (χ3v) is 8.65. The zero-order valence-corrected chi connectivity index (χ0v) is 27.1. The summed E-state index contributed by atoms with van der Waals surface area (Å²) in [5.74, 6) is 0.847. The maximum absolute atomic E-state index is 13.0. The van der Waals surface area contributed by atoms with Crippen molar-refractivity contribution in [3.63, 3.8) is 0 Å². The number of likely N-dealkylation sites (tertiary alicyclic amines) is 1. The van der Waals surface area contributed by atoms with Gasteiger partial charge < -0.3 is 14.4 Å². The average molecular weight is 525 g/mol. The second kappa shape index (κ2) is 16.9. The smallest absolute Gasteiger partial charge is 0.249 e. The van der Waals surface area contributed by atoms with E-state index in [0.717, 1.165) is 51.0 Å². The van der Waals surface area contributed by atoms with E-state index in [4.69, 9.17) is 9.47 Å². The Balaban J connectivity index is 0.000000845. The highest BCUT2D eigenvalue weighted by Crippen LogP contribution is 2.39. The van der Waals surface area contributed by atoms with Crippen LogP contribution in [0.15, 0.2) is 11.6 Å². The van der Waals surface area contributed by atoms with Crippen LogP contribution in [0.3, 0.4) is 0 Å². The lowest BCUT2D eigenvalue weighted by Gasteiger charge is -2.55. The maximum Gasteiger partial charge on any atom is 0.249 e. The Hall–Kier alpha value is -0.910. The molecule has 0 aromatic carbocycles. The number of piperidine rings is 1. The van der Waals surface area contributed by atoms with Gasteiger partial charge in [0, 0.05) is 50.1 Å². The molecule has 37 heavy (non-hydrogen) atoms. The van der Waals surface area contributed by atoms with Gasteiger partial charge in [0.25, 0.3) is 0 Å². The summed E-state index contributed by atoms with van der Waals surface area (Å²) in [5.41, 5.74) is 1.41. The Labute approximate surface area is 231 Å². The molecule has 0 aromatic rings. The fourth-order valence-corrected chi connectivity index (χ4v) is 5.89. The van der Waals surface area contributed by atoms with Gasteiger partial charge in [-0.05, 0) is 92.0 Å². The molecule has 5 nitrogen and oxygen atoms in total. The molecule has 1 heterocycles. The molecule has 1 fully saturated rings. The van der Waals surface area contributed by atoms with Gasteiger partial charge >= 0.3 is 0 Å². The summed E-state index contributed by atoms with van der Waals surface area (Å²) in [4.78, 5) is 17.7. The number of methoxy groups -OCH3 is 2. The van der Waals surface area contributed by atoms with Crippen molar-refractivity contribution < 1.29 is 14.3 Å². The van der Waals surface area contributed by atoms with Crippen LogP contribution in [0.25, 0.3) is 0 Å². The summed E-state index contributed by atoms with van der Waals surface area (Å²) in [6, 6.07) is 0.329. The number of amides is 1. The molecule has 2 unspecified atom stereocenters. The molecule has 1 aliphatic rings. The Morgan fingerprint density at radius 2 is 1.65 bits per heavy atom. The first kappa shape index (κ1) is 36.1. The van der Waals surface area contributed by atoms with Crippen molar-refractivity contribution in [3.8, 4) is 0 Å². The topological polar surface area (TPSA) is 42.0 Å². The van der Waals surface area contributed by atoms with Gasteiger partial charge in [0.05, 0.1) is 6.61 Å². The standard InChI is InChI=1S/C21H40N2O.C11H24O2/c1-9-11-12-13-14-23(19(24)17(3)10-2)18-15-20(4,5)22(8)21(6,7)16-18;1-6-11(3,9-13-5)7-10(2)8-12-4/h10,18H,9,11-16H2,1-8H3;10H,6-9H2,1-5H3. The fraction of sp³-hybridized carbons (Fsp3) is 0.906. The molecular formula is C32H64N2O3. The molecule has 1 aliphatic heterocycles. The SMILES string of the molecule is CC=C(C)C(=O)N(CCCCCC)C1CC(C)(C)N(C)C(C)(C)C1.CCC(C)(COC)CC(C)COC. The van der Waals surface area contributed by atoms with Gasteiger partial charge in [-0.15, -0.1) is 0 Å². The van der Waals surface area contributed by atoms with Gasteiger partial charge in [-0.1, -0.05) is 53.0 Å². The van der Waals surface area contributed by atoms with Crippen LogP contribution in [0.1, 0.15) is 121 Å². The minimum atomic E-state index is 0.109. The lowest BCUT2D eigenvalue weighted by molar-refractivity contribution is -0.134. The molecule has 1 rings (SSSR count). The molecule has 5 heteroatoms. The quantitative estimate of drug-likeness (QED) is 0.172. The lowest BCUT2D eigenvalue weighted by Crippen LogP contribution is -2.63. The maximum atomic E-state index is 13.0. The van der Waals surface area contributed by atoms with Crippen LogP contribution in [-0.4, -0.2) is 73.9 Å². The van der Waals surface area contributed by atoms with E-state index in [-0.39, 0.29) is 17.0 Å². The minimum absolute atomic E-state index is 0.109. The Kier molecular flexibility index (Phi) is 16.5. The van der Waals surface area contributed by atoms with Crippen LogP contribution >= 0.6 is 0 Å². The molecule has 0 bridgehead atoms. The van der Waals surface area contributed by atoms with Crippen LogP contribution in [0.4, 0.5) is 0 Å². The van der Waals surface area contributed by atoms with Gasteiger partial charge in [0.1, 0.15) is 0 Å². The fourth-order valence-electron chi connectivity index (χ4n) is 5.89. The van der Waals surface area contributed by atoms with Crippen molar-refractivity contribution in [1.29, 1.82) is 0 Å². The van der Waals surface area contributed by atoms with Gasteiger partial charge in [-0.3, -0.25) is 9.69 Å². The van der Waals surface area contributed by atoms with E-state index < -0.39 is 0 Å². The Bertz CT molecular complexity index is 655. The van der Waals surface area contributed by atoms with Gasteiger partial charge in [-0.25, -0.2) is 0 Å². The third kappa shape index (κ3) is 12.2. The molecule has 0 aromatic heterocycles. The van der Waals surface area contributed by atoms with Crippen molar-refractivity contribution in [1.82, 2.24) is 9.80 Å². The van der Waals surface area contributed by atoms with Crippen molar-refractivity contribution in [2.24, 2.45) is 11.3 Å². The number of hydrogen-bond donors (Lipinski definition) is 0. The van der Waals surface area contributed by atoms with E-state index in [1.165, 1.54) is 25.7 Å². The second-order valence-corrected chi connectivity index (χ2v) is 13.1. The van der Waals surface area contributed by atoms with Gasteiger partial charge in [0.2, 0.25) is 5.91 Å². The molecule has 1 saturated heterocycles. The molecular weight excluding hydrogens is 460 g/mol. The number of allylic oxidation sites excluding steroid dienone is 1. The molecule has 0 spiro atoms. The van der Waals surface area contributed by atoms with Crippen molar-refractivity contribution in [2.75, 3.05) is 41.0 Å². The molecule has 0 N–H and O–H groups in total. The van der Waals surface area contributed by atoms with E-state index >= 15 is 0 Å². The molecule has 0 radical (unpaired) electrons. The lowest BCUT2D eigenvalue weighted by atomic mass is 9.76. The third-order valence-electron chi connectivity index (χ3n) is 8.65. The molecule has 0 saturated carbocycles. The predicted molar refractivity (Wildman–Crippen MR) is 160 cm³/mol. The van der Waals surface area contributed by atoms with Crippen LogP contribution in [-0.2, 0) is 14.3 Å². The number of hydrogen-bond acceptors (Lipinski definition) is 4. The number of carbonyl (C=O) groups excluding carboxylic acids is 1. The zero-order chi connectivity index (χ0) is 28.9.